The minimum Gasteiger partial charge on any atom is -0.393 e. The molecule has 5 atom stereocenters. The fourth-order valence-electron chi connectivity index (χ4n) is 4.48. The van der Waals surface area contributed by atoms with Gasteiger partial charge in [0.25, 0.3) is 0 Å². The van der Waals surface area contributed by atoms with Crippen molar-refractivity contribution in [2.75, 3.05) is 0 Å². The van der Waals surface area contributed by atoms with Gasteiger partial charge in [0.05, 0.1) is 17.3 Å². The van der Waals surface area contributed by atoms with Gasteiger partial charge in [-0.2, -0.15) is 0 Å². The molecule has 14 heavy (non-hydrogen) atoms. The van der Waals surface area contributed by atoms with E-state index in [1.54, 1.807) is 0 Å². The molecule has 4 rings (SSSR count). The van der Waals surface area contributed by atoms with E-state index < -0.39 is 0 Å². The molecule has 1 N–H and O–H groups in total. The summed E-state index contributed by atoms with van der Waals surface area (Å²) in [5, 5.41) is 10.2. The highest BCUT2D eigenvalue weighted by molar-refractivity contribution is 5.09. The van der Waals surface area contributed by atoms with Crippen molar-refractivity contribution in [2.24, 2.45) is 11.8 Å². The van der Waals surface area contributed by atoms with Gasteiger partial charge in [0.1, 0.15) is 0 Å². The molecule has 0 aromatic heterocycles. The van der Waals surface area contributed by atoms with Crippen LogP contribution >= 0.6 is 0 Å². The maximum absolute atomic E-state index is 10.2. The maximum Gasteiger partial charge on any atom is 0.0717 e. The lowest BCUT2D eigenvalue weighted by atomic mass is 9.56. The molecule has 2 saturated carbocycles. The molecule has 4 aliphatic rings. The highest BCUT2D eigenvalue weighted by Crippen LogP contribution is 2.57. The van der Waals surface area contributed by atoms with E-state index in [4.69, 9.17) is 4.74 Å². The van der Waals surface area contributed by atoms with Crippen LogP contribution in [0.3, 0.4) is 0 Å². The number of hydrogen-bond donors (Lipinski definition) is 1. The number of aliphatic hydroxyl groups excluding tert-OH is 1. The normalized spacial score (nSPS) is 61.5. The van der Waals surface area contributed by atoms with Crippen LogP contribution in [0.5, 0.6) is 0 Å². The third kappa shape index (κ3) is 1.04. The van der Waals surface area contributed by atoms with Gasteiger partial charge in [-0.3, -0.25) is 0 Å². The molecule has 0 amide bonds. The van der Waals surface area contributed by atoms with Crippen molar-refractivity contribution >= 4 is 0 Å². The zero-order valence-corrected chi connectivity index (χ0v) is 9.12. The van der Waals surface area contributed by atoms with Gasteiger partial charge in [-0.05, 0) is 39.0 Å². The van der Waals surface area contributed by atoms with Gasteiger partial charge in [-0.1, -0.05) is 6.42 Å². The molecular weight excluding hydrogens is 176 g/mol. The zero-order valence-electron chi connectivity index (χ0n) is 9.12. The van der Waals surface area contributed by atoms with Crippen LogP contribution in [0.4, 0.5) is 0 Å². The maximum atomic E-state index is 10.2. The third-order valence-electron chi connectivity index (χ3n) is 4.69. The molecule has 0 radical (unpaired) electrons. The zero-order chi connectivity index (χ0) is 9.97. The molecule has 5 unspecified atom stereocenters. The molecule has 80 valence electrons. The Bertz CT molecular complexity index is 265. The Kier molecular flexibility index (Phi) is 1.66. The van der Waals surface area contributed by atoms with Gasteiger partial charge in [-0.15, -0.1) is 0 Å². The van der Waals surface area contributed by atoms with Crippen LogP contribution in [0.2, 0.25) is 0 Å². The summed E-state index contributed by atoms with van der Waals surface area (Å²) < 4.78 is 6.24. The van der Waals surface area contributed by atoms with Crippen molar-refractivity contribution in [3.63, 3.8) is 0 Å². The van der Waals surface area contributed by atoms with E-state index in [0.29, 0.717) is 5.92 Å². The topological polar surface area (TPSA) is 29.5 Å². The lowest BCUT2D eigenvalue weighted by molar-refractivity contribution is -0.303. The van der Waals surface area contributed by atoms with Crippen molar-refractivity contribution in [2.45, 2.75) is 63.3 Å². The van der Waals surface area contributed by atoms with Crippen molar-refractivity contribution in [1.82, 2.24) is 0 Å². The standard InChI is InChI=1S/C12H20O2/c1-11-6-8-4-3-5-12(2,14-11)10(8)9(13)7-11/h8-10,13H,3-7H2,1-2H3. The molecule has 2 aliphatic carbocycles. The Hall–Kier alpha value is -0.0800. The molecule has 2 heterocycles. The van der Waals surface area contributed by atoms with E-state index >= 15 is 0 Å². The monoisotopic (exact) mass is 196 g/mol. The van der Waals surface area contributed by atoms with Crippen LogP contribution in [0.1, 0.15) is 46.0 Å². The average Bonchev–Trinajstić information content (AvgIpc) is 1.97. The molecule has 0 aromatic carbocycles. The van der Waals surface area contributed by atoms with Gasteiger partial charge in [0.15, 0.2) is 0 Å². The van der Waals surface area contributed by atoms with Crippen molar-refractivity contribution < 1.29 is 9.84 Å². The number of rotatable bonds is 0. The number of fused-ring (bicyclic) bond motifs is 1. The minimum atomic E-state index is -0.113. The fraction of sp³-hybridized carbons (Fsp3) is 1.00. The highest BCUT2D eigenvalue weighted by Gasteiger charge is 2.60. The molecule has 2 nitrogen and oxygen atoms in total. The number of aliphatic hydroxyl groups is 1. The van der Waals surface area contributed by atoms with Crippen LogP contribution in [0.15, 0.2) is 0 Å². The van der Waals surface area contributed by atoms with Crippen LogP contribution in [-0.4, -0.2) is 22.4 Å². The van der Waals surface area contributed by atoms with Crippen molar-refractivity contribution in [3.8, 4) is 0 Å². The first-order valence-corrected chi connectivity index (χ1v) is 5.91. The van der Waals surface area contributed by atoms with Crippen LogP contribution in [0, 0.1) is 11.8 Å². The van der Waals surface area contributed by atoms with Gasteiger partial charge >= 0.3 is 0 Å². The Labute approximate surface area is 85.6 Å². The fourth-order valence-corrected chi connectivity index (χ4v) is 4.48. The molecular formula is C12H20O2. The van der Waals surface area contributed by atoms with E-state index in [9.17, 15) is 5.11 Å². The second-order valence-electron chi connectivity index (χ2n) is 6.02. The predicted molar refractivity (Wildman–Crippen MR) is 54.0 cm³/mol. The lowest BCUT2D eigenvalue weighted by Crippen LogP contribution is -2.66. The lowest BCUT2D eigenvalue weighted by Gasteiger charge is -2.63. The molecule has 0 spiro atoms. The average molecular weight is 196 g/mol. The number of ether oxygens (including phenoxy) is 1. The van der Waals surface area contributed by atoms with Gasteiger partial charge < -0.3 is 9.84 Å². The molecule has 2 heteroatoms. The Morgan fingerprint density at radius 3 is 2.71 bits per heavy atom. The summed E-state index contributed by atoms with van der Waals surface area (Å²) in [4.78, 5) is 0. The highest BCUT2D eigenvalue weighted by atomic mass is 16.5. The summed E-state index contributed by atoms with van der Waals surface area (Å²) in [5.74, 6) is 1.13. The van der Waals surface area contributed by atoms with Gasteiger partial charge in [0.2, 0.25) is 0 Å². The molecule has 0 aromatic rings. The first kappa shape index (κ1) is 9.17. The van der Waals surface area contributed by atoms with Crippen LogP contribution < -0.4 is 0 Å². The summed E-state index contributed by atoms with van der Waals surface area (Å²) >= 11 is 0. The Morgan fingerprint density at radius 2 is 2.07 bits per heavy atom. The quantitative estimate of drug-likeness (QED) is 0.643. The van der Waals surface area contributed by atoms with Crippen LogP contribution in [-0.2, 0) is 4.74 Å². The van der Waals surface area contributed by atoms with E-state index in [-0.39, 0.29) is 17.3 Å². The summed E-state index contributed by atoms with van der Waals surface area (Å²) in [7, 11) is 0. The second kappa shape index (κ2) is 2.53. The van der Waals surface area contributed by atoms with Gasteiger partial charge in [-0.25, -0.2) is 0 Å². The van der Waals surface area contributed by atoms with Crippen molar-refractivity contribution in [3.05, 3.63) is 0 Å². The second-order valence-corrected chi connectivity index (χ2v) is 6.02. The van der Waals surface area contributed by atoms with E-state index in [0.717, 1.165) is 18.8 Å². The van der Waals surface area contributed by atoms with E-state index in [1.165, 1.54) is 19.3 Å². The van der Waals surface area contributed by atoms with Gasteiger partial charge in [0, 0.05) is 12.3 Å². The first-order chi connectivity index (χ1) is 6.53. The molecule has 4 fully saturated rings. The Balaban J connectivity index is 2.02. The van der Waals surface area contributed by atoms with Crippen LogP contribution in [0.25, 0.3) is 0 Å². The third-order valence-corrected chi connectivity index (χ3v) is 4.69. The summed E-state index contributed by atoms with van der Waals surface area (Å²) in [6.45, 7) is 4.39. The summed E-state index contributed by atoms with van der Waals surface area (Å²) in [5.41, 5.74) is -0.0540. The molecule has 2 aliphatic heterocycles. The number of hydrogen-bond acceptors (Lipinski definition) is 2. The molecule has 2 saturated heterocycles. The van der Waals surface area contributed by atoms with Crippen molar-refractivity contribution in [1.29, 1.82) is 0 Å². The SMILES string of the molecule is CC12CC(O)C3C(CCCC3(C)O1)C2. The minimum absolute atomic E-state index is 0.0203. The largest absolute Gasteiger partial charge is 0.393 e. The van der Waals surface area contributed by atoms with E-state index in [2.05, 4.69) is 13.8 Å². The Morgan fingerprint density at radius 1 is 1.29 bits per heavy atom. The smallest absolute Gasteiger partial charge is 0.0717 e. The molecule has 4 bridgehead atoms. The first-order valence-electron chi connectivity index (χ1n) is 5.91. The van der Waals surface area contributed by atoms with E-state index in [1.807, 2.05) is 0 Å². The predicted octanol–water partition coefficient (Wildman–Crippen LogP) is 2.10. The summed E-state index contributed by atoms with van der Waals surface area (Å²) in [6, 6.07) is 0. The summed E-state index contributed by atoms with van der Waals surface area (Å²) in [6.07, 6.45) is 5.63.